The van der Waals surface area contributed by atoms with Crippen LogP contribution >= 0.6 is 15.9 Å². The quantitative estimate of drug-likeness (QED) is 0.495. The van der Waals surface area contributed by atoms with Crippen molar-refractivity contribution in [2.24, 2.45) is 0 Å². The molecule has 3 heteroatoms. The van der Waals surface area contributed by atoms with Crippen LogP contribution in [-0.2, 0) is 29.1 Å². The second-order valence-corrected chi connectivity index (χ2v) is 5.64. The summed E-state index contributed by atoms with van der Waals surface area (Å²) >= 11 is 3.45. The van der Waals surface area contributed by atoms with Crippen LogP contribution in [0.3, 0.4) is 0 Å². The molecule has 0 spiro atoms. The number of alkyl halides is 1. The number of aryl methyl sites for hydroxylation is 1. The maximum atomic E-state index is 5.62. The van der Waals surface area contributed by atoms with Crippen LogP contribution in [0.2, 0.25) is 0 Å². The minimum Gasteiger partial charge on any atom is -0.374 e. The lowest BCUT2D eigenvalue weighted by Crippen LogP contribution is -2.04. The van der Waals surface area contributed by atoms with Crippen molar-refractivity contribution in [3.05, 3.63) is 71.3 Å². The van der Waals surface area contributed by atoms with Gasteiger partial charge in [0.1, 0.15) is 0 Å². The van der Waals surface area contributed by atoms with E-state index in [2.05, 4.69) is 52.3 Å². The second-order valence-electron chi connectivity index (χ2n) is 4.85. The summed E-state index contributed by atoms with van der Waals surface area (Å²) in [6.45, 7) is 2.53. The van der Waals surface area contributed by atoms with Crippen molar-refractivity contribution < 1.29 is 9.47 Å². The van der Waals surface area contributed by atoms with E-state index in [-0.39, 0.29) is 0 Å². The van der Waals surface area contributed by atoms with Crippen molar-refractivity contribution in [2.75, 3.05) is 18.5 Å². The van der Waals surface area contributed by atoms with Gasteiger partial charge in [-0.1, -0.05) is 70.5 Å². The van der Waals surface area contributed by atoms with Crippen LogP contribution in [0, 0.1) is 0 Å². The number of ether oxygens (including phenoxy) is 2. The first-order chi connectivity index (χ1) is 10.4. The molecule has 0 saturated heterocycles. The molecule has 0 atom stereocenters. The Morgan fingerprint density at radius 2 is 1.19 bits per heavy atom. The topological polar surface area (TPSA) is 18.5 Å². The van der Waals surface area contributed by atoms with Gasteiger partial charge in [0.25, 0.3) is 0 Å². The molecule has 0 bridgehead atoms. The molecule has 0 fully saturated rings. The van der Waals surface area contributed by atoms with Crippen LogP contribution in [0.5, 0.6) is 0 Å². The molecule has 21 heavy (non-hydrogen) atoms. The van der Waals surface area contributed by atoms with E-state index >= 15 is 0 Å². The first-order valence-corrected chi connectivity index (χ1v) is 8.34. The van der Waals surface area contributed by atoms with Gasteiger partial charge in [0.05, 0.1) is 26.4 Å². The van der Waals surface area contributed by atoms with Crippen molar-refractivity contribution in [3.8, 4) is 0 Å². The van der Waals surface area contributed by atoms with Gasteiger partial charge in [-0.3, -0.25) is 0 Å². The largest absolute Gasteiger partial charge is 0.374 e. The highest BCUT2D eigenvalue weighted by Gasteiger charge is 1.96. The molecule has 0 saturated carbocycles. The van der Waals surface area contributed by atoms with E-state index < -0.39 is 0 Å². The van der Waals surface area contributed by atoms with Gasteiger partial charge < -0.3 is 9.47 Å². The predicted octanol–water partition coefficient (Wildman–Crippen LogP) is 4.36. The zero-order valence-corrected chi connectivity index (χ0v) is 13.7. The van der Waals surface area contributed by atoms with E-state index in [9.17, 15) is 0 Å². The Morgan fingerprint density at radius 1 is 0.667 bits per heavy atom. The molecule has 2 rings (SSSR count). The summed E-state index contributed by atoms with van der Waals surface area (Å²) in [6.07, 6.45) is 1.06. The number of rotatable bonds is 9. The van der Waals surface area contributed by atoms with Crippen LogP contribution in [0.4, 0.5) is 0 Å². The summed E-state index contributed by atoms with van der Waals surface area (Å²) in [6, 6.07) is 18.8. The molecular weight excluding hydrogens is 328 g/mol. The summed E-state index contributed by atoms with van der Waals surface area (Å²) < 4.78 is 11.2. The second kappa shape index (κ2) is 9.72. The van der Waals surface area contributed by atoms with Gasteiger partial charge in [-0.05, 0) is 23.1 Å². The normalized spacial score (nSPS) is 10.7. The third kappa shape index (κ3) is 6.42. The first-order valence-electron chi connectivity index (χ1n) is 7.21. The molecule has 2 nitrogen and oxygen atoms in total. The molecule has 0 aliphatic rings. The monoisotopic (exact) mass is 348 g/mol. The number of benzene rings is 2. The van der Waals surface area contributed by atoms with Crippen molar-refractivity contribution in [1.29, 1.82) is 0 Å². The lowest BCUT2D eigenvalue weighted by Gasteiger charge is -2.07. The fourth-order valence-corrected chi connectivity index (χ4v) is 2.44. The highest BCUT2D eigenvalue weighted by molar-refractivity contribution is 9.09. The molecule has 0 heterocycles. The van der Waals surface area contributed by atoms with Gasteiger partial charge in [-0.15, -0.1) is 0 Å². The summed E-state index contributed by atoms with van der Waals surface area (Å²) in [4.78, 5) is 0. The molecule has 2 aromatic carbocycles. The van der Waals surface area contributed by atoms with E-state index in [1.807, 2.05) is 18.2 Å². The van der Waals surface area contributed by atoms with Crippen LogP contribution in [0.25, 0.3) is 0 Å². The minimum absolute atomic E-state index is 0.621. The predicted molar refractivity (Wildman–Crippen MR) is 89.7 cm³/mol. The molecule has 112 valence electrons. The zero-order valence-electron chi connectivity index (χ0n) is 12.1. The van der Waals surface area contributed by atoms with Gasteiger partial charge in [0.15, 0.2) is 0 Å². The standard InChI is InChI=1S/C18H21BrO2/c19-11-10-16-6-8-18(9-7-16)15-21-13-12-20-14-17-4-2-1-3-5-17/h1-9H,10-15H2. The molecule has 0 aliphatic carbocycles. The Kier molecular flexibility index (Phi) is 7.50. The van der Waals surface area contributed by atoms with Crippen molar-refractivity contribution in [2.45, 2.75) is 19.6 Å². The Hall–Kier alpha value is -1.16. The molecular formula is C18H21BrO2. The third-order valence-corrected chi connectivity index (χ3v) is 3.55. The molecule has 0 radical (unpaired) electrons. The van der Waals surface area contributed by atoms with Crippen LogP contribution in [0.1, 0.15) is 16.7 Å². The molecule has 0 unspecified atom stereocenters. The van der Waals surface area contributed by atoms with Crippen molar-refractivity contribution in [3.63, 3.8) is 0 Å². The number of hydrogen-bond donors (Lipinski definition) is 0. The van der Waals surface area contributed by atoms with Crippen LogP contribution in [-0.4, -0.2) is 18.5 Å². The maximum Gasteiger partial charge on any atom is 0.0718 e. The molecule has 0 amide bonds. The Bertz CT molecular complexity index is 496. The molecule has 0 aliphatic heterocycles. The molecule has 0 aromatic heterocycles. The van der Waals surface area contributed by atoms with Gasteiger partial charge >= 0.3 is 0 Å². The van der Waals surface area contributed by atoms with Crippen molar-refractivity contribution >= 4 is 15.9 Å². The average Bonchev–Trinajstić information content (AvgIpc) is 2.53. The summed E-state index contributed by atoms with van der Waals surface area (Å²) in [7, 11) is 0. The van der Waals surface area contributed by atoms with Crippen LogP contribution in [0.15, 0.2) is 54.6 Å². The lowest BCUT2D eigenvalue weighted by molar-refractivity contribution is 0.0339. The highest BCUT2D eigenvalue weighted by Crippen LogP contribution is 2.07. The Morgan fingerprint density at radius 3 is 1.76 bits per heavy atom. The summed E-state index contributed by atoms with van der Waals surface area (Å²) in [5.74, 6) is 0. The van der Waals surface area contributed by atoms with Gasteiger partial charge in [-0.2, -0.15) is 0 Å². The van der Waals surface area contributed by atoms with E-state index in [1.54, 1.807) is 0 Å². The Labute approximate surface area is 135 Å². The Balaban J connectivity index is 1.57. The van der Waals surface area contributed by atoms with Crippen LogP contribution < -0.4 is 0 Å². The SMILES string of the molecule is BrCCc1ccc(COCCOCc2ccccc2)cc1. The smallest absolute Gasteiger partial charge is 0.0718 e. The number of hydrogen-bond acceptors (Lipinski definition) is 2. The fraction of sp³-hybridized carbons (Fsp3) is 0.333. The van der Waals surface area contributed by atoms with E-state index in [0.717, 1.165) is 11.8 Å². The fourth-order valence-electron chi connectivity index (χ4n) is 1.98. The summed E-state index contributed by atoms with van der Waals surface area (Å²) in [5.41, 5.74) is 3.75. The lowest BCUT2D eigenvalue weighted by atomic mass is 10.1. The highest BCUT2D eigenvalue weighted by atomic mass is 79.9. The third-order valence-electron chi connectivity index (χ3n) is 3.16. The van der Waals surface area contributed by atoms with Crippen molar-refractivity contribution in [1.82, 2.24) is 0 Å². The average molecular weight is 349 g/mol. The van der Waals surface area contributed by atoms with Gasteiger partial charge in [0.2, 0.25) is 0 Å². The number of halogens is 1. The summed E-state index contributed by atoms with van der Waals surface area (Å²) in [5, 5.41) is 1.00. The zero-order chi connectivity index (χ0) is 14.8. The molecule has 0 N–H and O–H groups in total. The molecule has 2 aromatic rings. The minimum atomic E-state index is 0.621. The first kappa shape index (κ1) is 16.2. The van der Waals surface area contributed by atoms with E-state index in [0.29, 0.717) is 26.4 Å². The van der Waals surface area contributed by atoms with E-state index in [4.69, 9.17) is 9.47 Å². The van der Waals surface area contributed by atoms with E-state index in [1.165, 1.54) is 16.7 Å². The van der Waals surface area contributed by atoms with Gasteiger partial charge in [0, 0.05) is 5.33 Å². The van der Waals surface area contributed by atoms with Gasteiger partial charge in [-0.25, -0.2) is 0 Å². The maximum absolute atomic E-state index is 5.62.